The van der Waals surface area contributed by atoms with Gasteiger partial charge in [0, 0.05) is 25.5 Å². The average Bonchev–Trinajstić information content (AvgIpc) is 3.09. The molecule has 0 aliphatic rings. The molecule has 0 saturated heterocycles. The second kappa shape index (κ2) is 12.2. The molecule has 0 unspecified atom stereocenters. The van der Waals surface area contributed by atoms with Crippen molar-refractivity contribution in [3.63, 3.8) is 0 Å². The van der Waals surface area contributed by atoms with E-state index in [2.05, 4.69) is 21.9 Å². The van der Waals surface area contributed by atoms with Crippen LogP contribution in [0.25, 0.3) is 11.2 Å². The van der Waals surface area contributed by atoms with E-state index in [0.717, 1.165) is 12.8 Å². The molecule has 162 valence electrons. The Hall–Kier alpha value is -2.42. The number of H-pyrrole nitrogens is 1. The fourth-order valence-corrected chi connectivity index (χ4v) is 3.26. The van der Waals surface area contributed by atoms with E-state index in [1.165, 1.54) is 38.4 Å². The number of fused-ring (bicyclic) bond motifs is 1. The number of nitrogens with one attached hydrogen (secondary N) is 1. The molecule has 0 radical (unpaired) electrons. The van der Waals surface area contributed by atoms with Gasteiger partial charge in [0.1, 0.15) is 0 Å². The van der Waals surface area contributed by atoms with Gasteiger partial charge in [-0.15, -0.1) is 0 Å². The molecule has 0 amide bonds. The van der Waals surface area contributed by atoms with Crippen LogP contribution in [0.1, 0.15) is 64.7 Å². The fraction of sp³-hybridized carbons (Fsp3) is 0.700. The van der Waals surface area contributed by atoms with Crippen LogP contribution in [0.2, 0.25) is 0 Å². The molecule has 2 rings (SSSR count). The smallest absolute Gasteiger partial charge is 0.305 e. The van der Waals surface area contributed by atoms with Crippen molar-refractivity contribution in [1.29, 1.82) is 0 Å². The molecule has 2 aromatic heterocycles. The van der Waals surface area contributed by atoms with Crippen LogP contribution in [0.15, 0.2) is 11.1 Å². The molecule has 0 spiro atoms. The van der Waals surface area contributed by atoms with Crippen LogP contribution in [-0.2, 0) is 16.1 Å². The van der Waals surface area contributed by atoms with Gasteiger partial charge in [-0.25, -0.2) is 4.98 Å². The summed E-state index contributed by atoms with van der Waals surface area (Å²) in [5.74, 6) is -0.325. The van der Waals surface area contributed by atoms with Gasteiger partial charge in [0.15, 0.2) is 11.2 Å². The van der Waals surface area contributed by atoms with Crippen molar-refractivity contribution >= 4 is 23.1 Å². The van der Waals surface area contributed by atoms with Crippen molar-refractivity contribution in [1.82, 2.24) is 19.5 Å². The van der Waals surface area contributed by atoms with Gasteiger partial charge in [0.2, 0.25) is 5.95 Å². The molecule has 2 heterocycles. The van der Waals surface area contributed by atoms with Gasteiger partial charge in [-0.2, -0.15) is 4.98 Å². The highest BCUT2D eigenvalue weighted by molar-refractivity contribution is 5.70. The Morgan fingerprint density at radius 1 is 1.28 bits per heavy atom. The molecule has 9 heteroatoms. The molecule has 4 N–H and O–H groups in total. The first kappa shape index (κ1) is 22.9. The maximum Gasteiger partial charge on any atom is 0.305 e. The highest BCUT2D eigenvalue weighted by Crippen LogP contribution is 2.13. The third-order valence-electron chi connectivity index (χ3n) is 4.98. The van der Waals surface area contributed by atoms with Gasteiger partial charge in [-0.3, -0.25) is 14.6 Å². The van der Waals surface area contributed by atoms with Crippen LogP contribution in [0.3, 0.4) is 0 Å². The van der Waals surface area contributed by atoms with E-state index in [-0.39, 0.29) is 36.6 Å². The monoisotopic (exact) mass is 407 g/mol. The lowest BCUT2D eigenvalue weighted by Crippen LogP contribution is -2.19. The number of unbranched alkanes of at least 4 members (excludes halogenated alkanes) is 6. The first-order valence-electron chi connectivity index (χ1n) is 10.5. The lowest BCUT2D eigenvalue weighted by Gasteiger charge is -2.15. The average molecular weight is 408 g/mol. The number of anilines is 1. The summed E-state index contributed by atoms with van der Waals surface area (Å²) in [6.45, 7) is 2.78. The predicted molar refractivity (Wildman–Crippen MR) is 111 cm³/mol. The molecule has 0 aromatic carbocycles. The molecule has 2 aromatic rings. The second-order valence-corrected chi connectivity index (χ2v) is 7.45. The van der Waals surface area contributed by atoms with Gasteiger partial charge in [0.05, 0.1) is 12.9 Å². The van der Waals surface area contributed by atoms with Gasteiger partial charge in [0.25, 0.3) is 5.56 Å². The summed E-state index contributed by atoms with van der Waals surface area (Å²) in [5, 5.41) is 9.65. The molecule has 9 nitrogen and oxygen atoms in total. The minimum atomic E-state index is -0.397. The van der Waals surface area contributed by atoms with Gasteiger partial charge in [-0.05, 0) is 12.8 Å². The molecule has 0 saturated carbocycles. The van der Waals surface area contributed by atoms with Crippen molar-refractivity contribution in [2.45, 2.75) is 71.3 Å². The van der Waals surface area contributed by atoms with Crippen LogP contribution in [0.5, 0.6) is 0 Å². The van der Waals surface area contributed by atoms with E-state index in [1.54, 1.807) is 4.57 Å². The second-order valence-electron chi connectivity index (χ2n) is 7.45. The largest absolute Gasteiger partial charge is 0.466 e. The SMILES string of the molecule is CCCCCCCCCC(=O)OCC[C@@H](CO)Cn1cnc2c(=O)[nH]c(N)nc21. The van der Waals surface area contributed by atoms with Crippen LogP contribution < -0.4 is 11.3 Å². The molecule has 29 heavy (non-hydrogen) atoms. The summed E-state index contributed by atoms with van der Waals surface area (Å²) in [6.07, 6.45) is 10.6. The summed E-state index contributed by atoms with van der Waals surface area (Å²) in [5.41, 5.74) is 5.78. The Balaban J connectivity index is 1.70. The third kappa shape index (κ3) is 7.49. The molecular formula is C20H33N5O4. The number of aliphatic hydroxyl groups is 1. The number of aromatic nitrogens is 4. The summed E-state index contributed by atoms with van der Waals surface area (Å²) in [6, 6.07) is 0. The predicted octanol–water partition coefficient (Wildman–Crippen LogP) is 2.38. The van der Waals surface area contributed by atoms with E-state index >= 15 is 0 Å². The normalized spacial score (nSPS) is 12.3. The minimum absolute atomic E-state index is 0.0177. The zero-order valence-electron chi connectivity index (χ0n) is 17.2. The van der Waals surface area contributed by atoms with Crippen LogP contribution >= 0.6 is 0 Å². The quantitative estimate of drug-likeness (QED) is 0.323. The molecule has 0 aliphatic carbocycles. The number of carbonyl (C=O) groups is 1. The van der Waals surface area contributed by atoms with Crippen LogP contribution in [-0.4, -0.2) is 43.8 Å². The number of ether oxygens (including phenoxy) is 1. The Bertz CT molecular complexity index is 817. The topological polar surface area (TPSA) is 136 Å². The van der Waals surface area contributed by atoms with E-state index < -0.39 is 5.56 Å². The maximum absolute atomic E-state index is 11.9. The van der Waals surface area contributed by atoms with E-state index in [4.69, 9.17) is 10.5 Å². The van der Waals surface area contributed by atoms with Gasteiger partial charge >= 0.3 is 5.97 Å². The summed E-state index contributed by atoms with van der Waals surface area (Å²) >= 11 is 0. The number of nitrogens with two attached hydrogens (primary N) is 1. The Morgan fingerprint density at radius 3 is 2.72 bits per heavy atom. The lowest BCUT2D eigenvalue weighted by molar-refractivity contribution is -0.144. The maximum atomic E-state index is 11.9. The molecule has 0 bridgehead atoms. The highest BCUT2D eigenvalue weighted by atomic mass is 16.5. The number of esters is 1. The number of hydrogen-bond acceptors (Lipinski definition) is 7. The number of nitrogen functional groups attached to an aromatic ring is 1. The van der Waals surface area contributed by atoms with Crippen molar-refractivity contribution in [2.75, 3.05) is 18.9 Å². The number of hydrogen-bond donors (Lipinski definition) is 3. The molecular weight excluding hydrogens is 374 g/mol. The standard InChI is InChI=1S/C20H33N5O4/c1-2-3-4-5-6-7-8-9-16(27)29-11-10-15(13-26)12-25-14-22-17-18(25)23-20(21)24-19(17)28/h14-15,26H,2-13H2,1H3,(H3,21,23,24,28)/t15-/m1/s1. The summed E-state index contributed by atoms with van der Waals surface area (Å²) in [4.78, 5) is 34.3. The first-order chi connectivity index (χ1) is 14.0. The summed E-state index contributed by atoms with van der Waals surface area (Å²) < 4.78 is 6.98. The number of imidazole rings is 1. The van der Waals surface area contributed by atoms with Crippen molar-refractivity contribution in [3.05, 3.63) is 16.7 Å². The van der Waals surface area contributed by atoms with Crippen molar-refractivity contribution < 1.29 is 14.6 Å². The third-order valence-corrected chi connectivity index (χ3v) is 4.98. The highest BCUT2D eigenvalue weighted by Gasteiger charge is 2.15. The molecule has 0 aliphatic heterocycles. The number of carbonyl (C=O) groups excluding carboxylic acids is 1. The zero-order valence-corrected chi connectivity index (χ0v) is 17.2. The van der Waals surface area contributed by atoms with Crippen LogP contribution in [0, 0.1) is 5.92 Å². The number of aliphatic hydroxyl groups excluding tert-OH is 1. The van der Waals surface area contributed by atoms with Crippen molar-refractivity contribution in [2.24, 2.45) is 5.92 Å². The molecule has 1 atom stereocenters. The van der Waals surface area contributed by atoms with Gasteiger partial charge < -0.3 is 20.1 Å². The zero-order chi connectivity index (χ0) is 21.1. The van der Waals surface area contributed by atoms with E-state index in [0.29, 0.717) is 25.0 Å². The molecule has 0 fully saturated rings. The van der Waals surface area contributed by atoms with Crippen molar-refractivity contribution in [3.8, 4) is 0 Å². The lowest BCUT2D eigenvalue weighted by atomic mass is 10.1. The minimum Gasteiger partial charge on any atom is -0.466 e. The summed E-state index contributed by atoms with van der Waals surface area (Å²) in [7, 11) is 0. The van der Waals surface area contributed by atoms with E-state index in [1.807, 2.05) is 0 Å². The van der Waals surface area contributed by atoms with Crippen LogP contribution in [0.4, 0.5) is 5.95 Å². The number of rotatable bonds is 14. The first-order valence-corrected chi connectivity index (χ1v) is 10.5. The number of aromatic amines is 1. The number of nitrogens with zero attached hydrogens (tertiary/aromatic N) is 3. The Kier molecular flexibility index (Phi) is 9.63. The van der Waals surface area contributed by atoms with Gasteiger partial charge in [-0.1, -0.05) is 45.4 Å². The Labute approximate surface area is 170 Å². The van der Waals surface area contributed by atoms with E-state index in [9.17, 15) is 14.7 Å². The Morgan fingerprint density at radius 2 is 2.00 bits per heavy atom. The fourth-order valence-electron chi connectivity index (χ4n) is 3.26.